The van der Waals surface area contributed by atoms with Gasteiger partial charge in [-0.05, 0) is 18.2 Å². The maximum Gasteiger partial charge on any atom is 0.183 e. The highest BCUT2D eigenvalue weighted by Crippen LogP contribution is 2.35. The van der Waals surface area contributed by atoms with Gasteiger partial charge in [-0.2, -0.15) is 0 Å². The lowest BCUT2D eigenvalue weighted by Crippen LogP contribution is -1.98. The third-order valence-electron chi connectivity index (χ3n) is 3.59. The van der Waals surface area contributed by atoms with Gasteiger partial charge in [-0.15, -0.1) is 11.3 Å². The topological polar surface area (TPSA) is 34.2 Å². The quantitative estimate of drug-likeness (QED) is 0.520. The van der Waals surface area contributed by atoms with E-state index in [1.165, 1.54) is 11.3 Å². The van der Waals surface area contributed by atoms with Crippen molar-refractivity contribution in [3.8, 4) is 11.5 Å². The Morgan fingerprint density at radius 2 is 1.87 bits per heavy atom. The first-order valence-electron chi connectivity index (χ1n) is 7.21. The first kappa shape index (κ1) is 14.3. The molecular formula is C18H13ClN2OS. The minimum absolute atomic E-state index is 0.564. The molecule has 0 fully saturated rings. The molecule has 114 valence electrons. The van der Waals surface area contributed by atoms with Gasteiger partial charge in [0.15, 0.2) is 4.47 Å². The van der Waals surface area contributed by atoms with Crippen molar-refractivity contribution in [2.75, 3.05) is 5.32 Å². The molecule has 0 radical (unpaired) electrons. The number of anilines is 1. The van der Waals surface area contributed by atoms with E-state index in [-0.39, 0.29) is 0 Å². The third kappa shape index (κ3) is 3.09. The van der Waals surface area contributed by atoms with Crippen LogP contribution in [-0.2, 0) is 6.54 Å². The van der Waals surface area contributed by atoms with Crippen LogP contribution in [0.1, 0.15) is 16.0 Å². The van der Waals surface area contributed by atoms with E-state index in [9.17, 15) is 0 Å². The molecule has 1 N–H and O–H groups in total. The summed E-state index contributed by atoms with van der Waals surface area (Å²) in [6.07, 6.45) is 5.94. The van der Waals surface area contributed by atoms with Crippen LogP contribution in [0.4, 0.5) is 5.69 Å². The largest absolute Gasteiger partial charge is 0.456 e. The summed E-state index contributed by atoms with van der Waals surface area (Å²) in [6.45, 7) is 0.690. The molecule has 0 saturated heterocycles. The molecular weight excluding hydrogens is 328 g/mol. The van der Waals surface area contributed by atoms with Crippen LogP contribution in [0, 0.1) is 0 Å². The van der Waals surface area contributed by atoms with Crippen LogP contribution in [-0.4, -0.2) is 4.98 Å². The summed E-state index contributed by atoms with van der Waals surface area (Å²) in [5, 5.41) is 3.38. The fraction of sp³-hybridized carbons (Fsp3) is 0.0556. The van der Waals surface area contributed by atoms with E-state index in [0.717, 1.165) is 33.2 Å². The van der Waals surface area contributed by atoms with Gasteiger partial charge >= 0.3 is 0 Å². The fourth-order valence-corrected chi connectivity index (χ4v) is 3.35. The zero-order valence-electron chi connectivity index (χ0n) is 12.1. The molecule has 0 atom stereocenters. The lowest BCUT2D eigenvalue weighted by Gasteiger charge is -2.11. The number of nitrogens with zero attached hydrogens (tertiary/aromatic N) is 1. The molecule has 5 heteroatoms. The second-order valence-corrected chi connectivity index (χ2v) is 6.86. The minimum atomic E-state index is 0.564. The number of thiazole rings is 1. The first-order valence-corrected chi connectivity index (χ1v) is 8.40. The number of ether oxygens (including phenoxy) is 1. The highest BCUT2D eigenvalue weighted by atomic mass is 35.5. The van der Waals surface area contributed by atoms with Gasteiger partial charge in [0.25, 0.3) is 0 Å². The molecule has 0 aliphatic carbocycles. The van der Waals surface area contributed by atoms with Crippen molar-refractivity contribution < 1.29 is 4.74 Å². The number of halogens is 1. The molecule has 0 saturated carbocycles. The lowest BCUT2D eigenvalue weighted by molar-refractivity contribution is 0.481. The zero-order valence-corrected chi connectivity index (χ0v) is 13.7. The average Bonchev–Trinajstić information content (AvgIpc) is 2.89. The predicted octanol–water partition coefficient (Wildman–Crippen LogP) is 5.68. The van der Waals surface area contributed by atoms with Crippen LogP contribution >= 0.6 is 22.9 Å². The average molecular weight is 341 g/mol. The van der Waals surface area contributed by atoms with Crippen LogP contribution in [0.5, 0.6) is 11.5 Å². The normalized spacial score (nSPS) is 12.0. The molecule has 0 spiro atoms. The first-order chi connectivity index (χ1) is 11.3. The number of fused-ring (bicyclic) bond motifs is 2. The Morgan fingerprint density at radius 3 is 2.70 bits per heavy atom. The number of benzene rings is 2. The van der Waals surface area contributed by atoms with Crippen LogP contribution in [0.2, 0.25) is 4.47 Å². The summed E-state index contributed by atoms with van der Waals surface area (Å²) in [7, 11) is 0. The third-order valence-corrected chi connectivity index (χ3v) is 4.70. The molecule has 1 aliphatic heterocycles. The molecule has 3 nitrogen and oxygen atoms in total. The van der Waals surface area contributed by atoms with Crippen molar-refractivity contribution in [3.05, 3.63) is 69.1 Å². The monoisotopic (exact) mass is 340 g/mol. The van der Waals surface area contributed by atoms with Gasteiger partial charge in [0.05, 0.1) is 6.54 Å². The van der Waals surface area contributed by atoms with E-state index in [1.807, 2.05) is 36.4 Å². The Balaban J connectivity index is 1.57. The highest BCUT2D eigenvalue weighted by Gasteiger charge is 2.11. The second-order valence-electron chi connectivity index (χ2n) is 5.16. The van der Waals surface area contributed by atoms with E-state index in [0.29, 0.717) is 11.0 Å². The summed E-state index contributed by atoms with van der Waals surface area (Å²) in [5.41, 5.74) is 3.14. The Labute approximate surface area is 143 Å². The number of aromatic nitrogens is 1. The summed E-state index contributed by atoms with van der Waals surface area (Å²) in [5.74, 6) is 1.72. The molecule has 1 aromatic heterocycles. The van der Waals surface area contributed by atoms with E-state index in [4.69, 9.17) is 16.3 Å². The van der Waals surface area contributed by atoms with Gasteiger partial charge in [0.2, 0.25) is 0 Å². The van der Waals surface area contributed by atoms with E-state index >= 15 is 0 Å². The van der Waals surface area contributed by atoms with Crippen molar-refractivity contribution in [2.24, 2.45) is 0 Å². The number of para-hydroxylation sites is 1. The molecule has 4 rings (SSSR count). The van der Waals surface area contributed by atoms with E-state index in [1.54, 1.807) is 6.20 Å². The van der Waals surface area contributed by atoms with Crippen molar-refractivity contribution in [3.63, 3.8) is 0 Å². The van der Waals surface area contributed by atoms with Crippen LogP contribution in [0.3, 0.4) is 0 Å². The number of nitrogens with one attached hydrogen (secondary N) is 1. The molecule has 0 bridgehead atoms. The van der Waals surface area contributed by atoms with Gasteiger partial charge in [0, 0.05) is 34.0 Å². The van der Waals surface area contributed by atoms with Gasteiger partial charge in [0.1, 0.15) is 11.5 Å². The second kappa shape index (κ2) is 6.07. The lowest BCUT2D eigenvalue weighted by atomic mass is 10.1. The van der Waals surface area contributed by atoms with Crippen LogP contribution < -0.4 is 10.1 Å². The fourth-order valence-electron chi connectivity index (χ4n) is 2.43. The van der Waals surface area contributed by atoms with Crippen molar-refractivity contribution in [2.45, 2.75) is 6.54 Å². The Kier molecular flexibility index (Phi) is 3.77. The number of rotatable bonds is 3. The Hall–Kier alpha value is -2.30. The highest BCUT2D eigenvalue weighted by molar-refractivity contribution is 7.15. The van der Waals surface area contributed by atoms with Gasteiger partial charge < -0.3 is 10.1 Å². The Bertz CT molecular complexity index is 888. The number of hydrogen-bond donors (Lipinski definition) is 1. The molecule has 1 aliphatic rings. The van der Waals surface area contributed by atoms with Crippen molar-refractivity contribution >= 4 is 40.8 Å². The number of hydrogen-bond acceptors (Lipinski definition) is 4. The molecule has 2 heterocycles. The SMILES string of the molecule is Clc1ncc(CNc2ccc3c(c2)Oc2ccccc2C=C3)s1. The smallest absolute Gasteiger partial charge is 0.183 e. The minimum Gasteiger partial charge on any atom is -0.456 e. The summed E-state index contributed by atoms with van der Waals surface area (Å²) in [6, 6.07) is 14.1. The van der Waals surface area contributed by atoms with Gasteiger partial charge in [-0.3, -0.25) is 0 Å². The predicted molar refractivity (Wildman–Crippen MR) is 96.3 cm³/mol. The summed E-state index contributed by atoms with van der Waals surface area (Å²) in [4.78, 5) is 5.14. The van der Waals surface area contributed by atoms with E-state index < -0.39 is 0 Å². The maximum absolute atomic E-state index is 6.07. The molecule has 0 unspecified atom stereocenters. The maximum atomic E-state index is 6.07. The standard InChI is InChI=1S/C18H13ClN2OS/c19-18-21-11-15(23-18)10-20-14-8-7-13-6-5-12-3-1-2-4-16(12)22-17(13)9-14/h1-9,11,20H,10H2. The summed E-state index contributed by atoms with van der Waals surface area (Å²) >= 11 is 7.33. The van der Waals surface area contributed by atoms with Gasteiger partial charge in [-0.25, -0.2) is 4.98 Å². The molecule has 0 amide bonds. The van der Waals surface area contributed by atoms with Crippen molar-refractivity contribution in [1.29, 1.82) is 0 Å². The van der Waals surface area contributed by atoms with Crippen LogP contribution in [0.25, 0.3) is 12.2 Å². The van der Waals surface area contributed by atoms with Crippen LogP contribution in [0.15, 0.2) is 48.7 Å². The molecule has 3 aromatic rings. The van der Waals surface area contributed by atoms with Gasteiger partial charge in [-0.1, -0.05) is 42.0 Å². The van der Waals surface area contributed by atoms with Crippen molar-refractivity contribution in [1.82, 2.24) is 4.98 Å². The molecule has 23 heavy (non-hydrogen) atoms. The Morgan fingerprint density at radius 1 is 1.04 bits per heavy atom. The zero-order chi connectivity index (χ0) is 15.6. The summed E-state index contributed by atoms with van der Waals surface area (Å²) < 4.78 is 6.63. The van der Waals surface area contributed by atoms with E-state index in [2.05, 4.69) is 28.5 Å². The molecule has 2 aromatic carbocycles.